The average molecular weight is 353 g/mol. The summed E-state index contributed by atoms with van der Waals surface area (Å²) in [7, 11) is 1.45. The van der Waals surface area contributed by atoms with Gasteiger partial charge in [-0.15, -0.1) is 0 Å². The molecule has 0 aliphatic rings. The maximum Gasteiger partial charge on any atom is 0.316 e. The molecule has 1 heterocycles. The zero-order chi connectivity index (χ0) is 18.4. The molecular formula is C19H16FN3O3. The highest BCUT2D eigenvalue weighted by atomic mass is 19.1. The van der Waals surface area contributed by atoms with Crippen molar-refractivity contribution in [3.05, 3.63) is 77.9 Å². The molecular weight excluding hydrogens is 337 g/mol. The number of ether oxygens (including phenoxy) is 2. The molecule has 3 rings (SSSR count). The van der Waals surface area contributed by atoms with Gasteiger partial charge in [0.05, 0.1) is 12.7 Å². The number of carbonyl (C=O) groups is 1. The molecule has 0 radical (unpaired) electrons. The first kappa shape index (κ1) is 17.3. The van der Waals surface area contributed by atoms with Gasteiger partial charge >= 0.3 is 6.01 Å². The average Bonchev–Trinajstić information content (AvgIpc) is 2.68. The molecule has 0 saturated carbocycles. The maximum absolute atomic E-state index is 12.9. The molecule has 3 aromatic rings. The number of aromatic nitrogens is 2. The van der Waals surface area contributed by atoms with Crippen molar-refractivity contribution < 1.29 is 18.7 Å². The van der Waals surface area contributed by atoms with Gasteiger partial charge in [-0.1, -0.05) is 12.1 Å². The molecule has 0 aliphatic carbocycles. The highest BCUT2D eigenvalue weighted by molar-refractivity contribution is 6.03. The van der Waals surface area contributed by atoms with Crippen molar-refractivity contribution in [1.82, 2.24) is 9.97 Å². The summed E-state index contributed by atoms with van der Waals surface area (Å²) in [4.78, 5) is 19.9. The Hall–Kier alpha value is -3.48. The highest BCUT2D eigenvalue weighted by Crippen LogP contribution is 2.18. The van der Waals surface area contributed by atoms with E-state index in [-0.39, 0.29) is 17.7 Å². The molecule has 6 nitrogen and oxygen atoms in total. The maximum atomic E-state index is 12.9. The number of nitrogens with zero attached hydrogens (tertiary/aromatic N) is 2. The summed E-state index contributed by atoms with van der Waals surface area (Å²) in [5.41, 5.74) is 1.80. The van der Waals surface area contributed by atoms with E-state index in [9.17, 15) is 9.18 Å². The first-order valence-corrected chi connectivity index (χ1v) is 7.79. The normalized spacial score (nSPS) is 10.2. The molecule has 132 valence electrons. The third-order valence-electron chi connectivity index (χ3n) is 3.50. The number of hydrogen-bond acceptors (Lipinski definition) is 5. The van der Waals surface area contributed by atoms with Gasteiger partial charge in [-0.05, 0) is 42.0 Å². The molecule has 0 bridgehead atoms. The van der Waals surface area contributed by atoms with Crippen LogP contribution in [-0.4, -0.2) is 23.0 Å². The molecule has 1 amide bonds. The fraction of sp³-hybridized carbons (Fsp3) is 0.105. The minimum absolute atomic E-state index is 0.198. The van der Waals surface area contributed by atoms with Crippen LogP contribution in [0.15, 0.2) is 60.9 Å². The Kier molecular flexibility index (Phi) is 5.38. The van der Waals surface area contributed by atoms with Gasteiger partial charge in [0.2, 0.25) is 0 Å². The van der Waals surface area contributed by atoms with Gasteiger partial charge in [-0.25, -0.2) is 14.4 Å². The molecule has 0 fully saturated rings. The van der Waals surface area contributed by atoms with Crippen LogP contribution in [-0.2, 0) is 6.61 Å². The Morgan fingerprint density at radius 2 is 1.69 bits per heavy atom. The first-order valence-electron chi connectivity index (χ1n) is 7.79. The van der Waals surface area contributed by atoms with Crippen LogP contribution in [0.3, 0.4) is 0 Å². The van der Waals surface area contributed by atoms with E-state index in [1.54, 1.807) is 36.4 Å². The van der Waals surface area contributed by atoms with Gasteiger partial charge in [0.25, 0.3) is 5.91 Å². The van der Waals surface area contributed by atoms with Crippen LogP contribution in [0.4, 0.5) is 10.1 Å². The van der Waals surface area contributed by atoms with E-state index >= 15 is 0 Å². The van der Waals surface area contributed by atoms with Gasteiger partial charge in [0.1, 0.15) is 18.2 Å². The molecule has 0 aliphatic heterocycles. The lowest BCUT2D eigenvalue weighted by Gasteiger charge is -2.08. The molecule has 26 heavy (non-hydrogen) atoms. The van der Waals surface area contributed by atoms with E-state index in [0.717, 1.165) is 5.56 Å². The standard InChI is InChI=1S/C19H16FN3O3/c1-25-19-21-10-14(11-22-19)18(24)23-16-6-8-17(9-7-16)26-12-13-2-4-15(20)5-3-13/h2-11H,12H2,1H3,(H,23,24). The Morgan fingerprint density at radius 1 is 1.04 bits per heavy atom. The number of halogens is 1. The fourth-order valence-electron chi connectivity index (χ4n) is 2.12. The zero-order valence-electron chi connectivity index (χ0n) is 14.0. The fourth-order valence-corrected chi connectivity index (χ4v) is 2.12. The molecule has 0 atom stereocenters. The summed E-state index contributed by atoms with van der Waals surface area (Å²) in [6.07, 6.45) is 2.78. The van der Waals surface area contributed by atoms with Crippen molar-refractivity contribution in [3.8, 4) is 11.8 Å². The molecule has 1 N–H and O–H groups in total. The second-order valence-electron chi connectivity index (χ2n) is 5.35. The van der Waals surface area contributed by atoms with E-state index in [2.05, 4.69) is 15.3 Å². The Bertz CT molecular complexity index is 866. The van der Waals surface area contributed by atoms with Gasteiger partial charge in [-0.3, -0.25) is 4.79 Å². The summed E-state index contributed by atoms with van der Waals surface area (Å²) in [6.45, 7) is 0.329. The number of nitrogens with one attached hydrogen (secondary N) is 1. The molecule has 0 spiro atoms. The molecule has 2 aromatic carbocycles. The van der Waals surface area contributed by atoms with Crippen LogP contribution >= 0.6 is 0 Å². The van der Waals surface area contributed by atoms with Crippen molar-refractivity contribution >= 4 is 11.6 Å². The Labute approximate surface area is 149 Å². The Balaban J connectivity index is 1.56. The Morgan fingerprint density at radius 3 is 2.31 bits per heavy atom. The van der Waals surface area contributed by atoms with Crippen LogP contribution in [0, 0.1) is 5.82 Å². The summed E-state index contributed by atoms with van der Waals surface area (Å²) in [5.74, 6) is 0.0313. The molecule has 0 saturated heterocycles. The summed E-state index contributed by atoms with van der Waals surface area (Å²) >= 11 is 0. The van der Waals surface area contributed by atoms with Crippen molar-refractivity contribution in [2.24, 2.45) is 0 Å². The zero-order valence-corrected chi connectivity index (χ0v) is 14.0. The molecule has 0 unspecified atom stereocenters. The van der Waals surface area contributed by atoms with E-state index < -0.39 is 0 Å². The largest absolute Gasteiger partial charge is 0.489 e. The molecule has 1 aromatic heterocycles. The van der Waals surface area contributed by atoms with Crippen LogP contribution in [0.2, 0.25) is 0 Å². The smallest absolute Gasteiger partial charge is 0.316 e. The third-order valence-corrected chi connectivity index (χ3v) is 3.50. The van der Waals surface area contributed by atoms with Crippen LogP contribution < -0.4 is 14.8 Å². The van der Waals surface area contributed by atoms with Crippen LogP contribution in [0.5, 0.6) is 11.8 Å². The first-order chi connectivity index (χ1) is 12.6. The SMILES string of the molecule is COc1ncc(C(=O)Nc2ccc(OCc3ccc(F)cc3)cc2)cn1. The minimum atomic E-state index is -0.326. The number of anilines is 1. The van der Waals surface area contributed by atoms with Crippen molar-refractivity contribution in [2.75, 3.05) is 12.4 Å². The monoisotopic (exact) mass is 353 g/mol. The van der Waals surface area contributed by atoms with Gasteiger partial charge in [-0.2, -0.15) is 0 Å². The second kappa shape index (κ2) is 8.06. The van der Waals surface area contributed by atoms with E-state index in [4.69, 9.17) is 9.47 Å². The molecule has 7 heteroatoms. The lowest BCUT2D eigenvalue weighted by Crippen LogP contribution is -2.12. The minimum Gasteiger partial charge on any atom is -0.489 e. The number of methoxy groups -OCH3 is 1. The van der Waals surface area contributed by atoms with Crippen LogP contribution in [0.25, 0.3) is 0 Å². The number of carbonyl (C=O) groups excluding carboxylic acids is 1. The predicted octanol–water partition coefficient (Wildman–Crippen LogP) is 3.46. The quantitative estimate of drug-likeness (QED) is 0.735. The number of amides is 1. The van der Waals surface area contributed by atoms with E-state index in [0.29, 0.717) is 23.6 Å². The summed E-state index contributed by atoms with van der Waals surface area (Å²) < 4.78 is 23.4. The second-order valence-corrected chi connectivity index (χ2v) is 5.35. The van der Waals surface area contributed by atoms with E-state index in [1.807, 2.05) is 0 Å². The summed E-state index contributed by atoms with van der Waals surface area (Å²) in [5, 5.41) is 2.75. The van der Waals surface area contributed by atoms with Crippen LogP contribution in [0.1, 0.15) is 15.9 Å². The van der Waals surface area contributed by atoms with Gasteiger partial charge in [0, 0.05) is 18.1 Å². The number of hydrogen-bond donors (Lipinski definition) is 1. The van der Waals surface area contributed by atoms with Gasteiger partial charge in [0.15, 0.2) is 0 Å². The summed E-state index contributed by atoms with van der Waals surface area (Å²) in [6, 6.07) is 13.2. The predicted molar refractivity (Wildman–Crippen MR) is 93.7 cm³/mol. The number of rotatable bonds is 6. The highest BCUT2D eigenvalue weighted by Gasteiger charge is 2.08. The van der Waals surface area contributed by atoms with Crippen molar-refractivity contribution in [1.29, 1.82) is 0 Å². The topological polar surface area (TPSA) is 73.3 Å². The van der Waals surface area contributed by atoms with Gasteiger partial charge < -0.3 is 14.8 Å². The van der Waals surface area contributed by atoms with E-state index in [1.165, 1.54) is 31.6 Å². The lowest BCUT2D eigenvalue weighted by molar-refractivity contribution is 0.102. The third kappa shape index (κ3) is 4.54. The van der Waals surface area contributed by atoms with Crippen molar-refractivity contribution in [2.45, 2.75) is 6.61 Å². The lowest BCUT2D eigenvalue weighted by atomic mass is 10.2. The number of benzene rings is 2. The van der Waals surface area contributed by atoms with Crippen molar-refractivity contribution in [3.63, 3.8) is 0 Å².